The lowest BCUT2D eigenvalue weighted by Crippen LogP contribution is -2.52. The molecule has 2 amide bonds. The van der Waals surface area contributed by atoms with Crippen molar-refractivity contribution in [3.63, 3.8) is 0 Å². The summed E-state index contributed by atoms with van der Waals surface area (Å²) in [6.07, 6.45) is 0. The lowest BCUT2D eigenvalue weighted by Gasteiger charge is -2.27. The van der Waals surface area contributed by atoms with Gasteiger partial charge in [0.2, 0.25) is 11.8 Å². The highest BCUT2D eigenvalue weighted by Gasteiger charge is 2.35. The number of nitrogens with zero attached hydrogens (tertiary/aromatic N) is 1. The Kier molecular flexibility index (Phi) is 7.13. The molecule has 0 aromatic heterocycles. The lowest BCUT2D eigenvalue weighted by atomic mass is 10.1. The van der Waals surface area contributed by atoms with Crippen LogP contribution in [0.1, 0.15) is 20.8 Å². The molecule has 1 N–H and O–H groups in total. The average Bonchev–Trinajstić information content (AvgIpc) is 3.03. The molecule has 1 aromatic carbocycles. The van der Waals surface area contributed by atoms with Crippen molar-refractivity contribution in [1.29, 1.82) is 0 Å². The highest BCUT2D eigenvalue weighted by atomic mass is 32.2. The molecule has 0 aliphatic carbocycles. The Morgan fingerprint density at radius 2 is 1.96 bits per heavy atom. The van der Waals surface area contributed by atoms with Crippen molar-refractivity contribution in [2.24, 2.45) is 0 Å². The monoisotopic (exact) mass is 366 g/mol. The van der Waals surface area contributed by atoms with Crippen LogP contribution in [0, 0.1) is 0 Å². The summed E-state index contributed by atoms with van der Waals surface area (Å²) in [5, 5.41) is 2.93. The van der Waals surface area contributed by atoms with E-state index in [4.69, 9.17) is 9.47 Å². The Morgan fingerprint density at radius 3 is 2.64 bits per heavy atom. The minimum atomic E-state index is -0.430. The van der Waals surface area contributed by atoms with Crippen LogP contribution in [0.3, 0.4) is 0 Å². The fourth-order valence-electron chi connectivity index (χ4n) is 2.34. The van der Waals surface area contributed by atoms with Crippen LogP contribution in [0.15, 0.2) is 30.3 Å². The molecule has 6 nitrogen and oxygen atoms in total. The van der Waals surface area contributed by atoms with Crippen LogP contribution in [0.2, 0.25) is 0 Å². The highest BCUT2D eigenvalue weighted by molar-refractivity contribution is 7.99. The molecular weight excluding hydrogens is 340 g/mol. The van der Waals surface area contributed by atoms with Crippen LogP contribution >= 0.6 is 11.8 Å². The quantitative estimate of drug-likeness (QED) is 0.747. The molecule has 7 heteroatoms. The fourth-order valence-corrected chi connectivity index (χ4v) is 3.52. The zero-order valence-electron chi connectivity index (χ0n) is 15.0. The van der Waals surface area contributed by atoms with E-state index in [1.54, 1.807) is 16.7 Å². The molecule has 1 aliphatic rings. The minimum Gasteiger partial charge on any atom is -0.491 e. The first-order valence-corrected chi connectivity index (χ1v) is 9.47. The van der Waals surface area contributed by atoms with E-state index in [9.17, 15) is 9.59 Å². The summed E-state index contributed by atoms with van der Waals surface area (Å²) >= 11 is 1.58. The van der Waals surface area contributed by atoms with Gasteiger partial charge in [-0.25, -0.2) is 0 Å². The maximum absolute atomic E-state index is 12.3. The normalized spacial score (nSPS) is 17.4. The van der Waals surface area contributed by atoms with Gasteiger partial charge in [-0.2, -0.15) is 0 Å². The molecule has 138 valence electrons. The Balaban J connectivity index is 1.71. The average molecular weight is 366 g/mol. The summed E-state index contributed by atoms with van der Waals surface area (Å²) in [5.41, 5.74) is -0.315. The molecule has 1 heterocycles. The number of nitrogens with one attached hydrogen (secondary N) is 1. The van der Waals surface area contributed by atoms with Crippen molar-refractivity contribution in [1.82, 2.24) is 10.2 Å². The van der Waals surface area contributed by atoms with E-state index in [1.165, 1.54) is 0 Å². The number of amides is 2. The van der Waals surface area contributed by atoms with Crippen molar-refractivity contribution in [2.75, 3.05) is 31.5 Å². The molecule has 0 bridgehead atoms. The van der Waals surface area contributed by atoms with E-state index in [0.29, 0.717) is 24.8 Å². The van der Waals surface area contributed by atoms with E-state index in [2.05, 4.69) is 5.32 Å². The summed E-state index contributed by atoms with van der Waals surface area (Å²) in [6.45, 7) is 6.43. The summed E-state index contributed by atoms with van der Waals surface area (Å²) in [4.78, 5) is 26.2. The Morgan fingerprint density at radius 1 is 1.24 bits per heavy atom. The summed E-state index contributed by atoms with van der Waals surface area (Å²) in [6, 6.07) is 9.01. The third-order valence-corrected chi connectivity index (χ3v) is 4.48. The number of hydrogen-bond acceptors (Lipinski definition) is 5. The molecule has 1 unspecified atom stereocenters. The summed E-state index contributed by atoms with van der Waals surface area (Å²) in [7, 11) is 0. The van der Waals surface area contributed by atoms with E-state index >= 15 is 0 Å². The Labute approximate surface area is 153 Å². The number of para-hydroxylation sites is 1. The molecule has 1 aliphatic heterocycles. The number of thioether (sulfide) groups is 1. The van der Waals surface area contributed by atoms with Gasteiger partial charge in [-0.1, -0.05) is 18.2 Å². The predicted octanol–water partition coefficient (Wildman–Crippen LogP) is 1.90. The topological polar surface area (TPSA) is 67.9 Å². The van der Waals surface area contributed by atoms with Gasteiger partial charge in [0.1, 0.15) is 25.0 Å². The number of hydrogen-bond donors (Lipinski definition) is 1. The molecule has 2 rings (SSSR count). The SMILES string of the molecule is CC(C)(C)NC(=O)C1CSCN1C(=O)COCCOc1ccccc1. The summed E-state index contributed by atoms with van der Waals surface area (Å²) < 4.78 is 10.9. The Hall–Kier alpha value is -1.73. The van der Waals surface area contributed by atoms with Gasteiger partial charge in [0.05, 0.1) is 12.5 Å². The smallest absolute Gasteiger partial charge is 0.249 e. The van der Waals surface area contributed by atoms with Gasteiger partial charge in [-0.05, 0) is 32.9 Å². The largest absolute Gasteiger partial charge is 0.491 e. The first-order valence-electron chi connectivity index (χ1n) is 8.31. The van der Waals surface area contributed by atoms with Gasteiger partial charge in [-0.3, -0.25) is 9.59 Å². The molecular formula is C18H26N2O4S. The zero-order chi connectivity index (χ0) is 18.3. The van der Waals surface area contributed by atoms with Crippen molar-refractivity contribution in [3.05, 3.63) is 30.3 Å². The van der Waals surface area contributed by atoms with E-state index in [-0.39, 0.29) is 24.0 Å². The predicted molar refractivity (Wildman–Crippen MR) is 98.6 cm³/mol. The van der Waals surface area contributed by atoms with Crippen LogP contribution < -0.4 is 10.1 Å². The van der Waals surface area contributed by atoms with E-state index < -0.39 is 6.04 Å². The van der Waals surface area contributed by atoms with Crippen LogP contribution in [-0.4, -0.2) is 59.7 Å². The molecule has 25 heavy (non-hydrogen) atoms. The van der Waals surface area contributed by atoms with Gasteiger partial charge < -0.3 is 19.7 Å². The Bertz CT molecular complexity index is 574. The number of ether oxygens (including phenoxy) is 2. The van der Waals surface area contributed by atoms with Crippen LogP contribution in [0.5, 0.6) is 5.75 Å². The van der Waals surface area contributed by atoms with Gasteiger partial charge >= 0.3 is 0 Å². The molecule has 1 saturated heterocycles. The third kappa shape index (κ3) is 6.59. The lowest BCUT2D eigenvalue weighted by molar-refractivity contribution is -0.142. The second kappa shape index (κ2) is 9.10. The number of rotatable bonds is 7. The van der Waals surface area contributed by atoms with Gasteiger partial charge in [0.25, 0.3) is 0 Å². The number of carbonyl (C=O) groups is 2. The first kappa shape index (κ1) is 19.6. The molecule has 0 spiro atoms. The molecule has 1 aromatic rings. The first-order chi connectivity index (χ1) is 11.9. The third-order valence-electron chi connectivity index (χ3n) is 3.47. The molecule has 0 saturated carbocycles. The molecule has 0 radical (unpaired) electrons. The van der Waals surface area contributed by atoms with Crippen molar-refractivity contribution >= 4 is 23.6 Å². The number of carbonyl (C=O) groups excluding carboxylic acids is 2. The molecule has 1 atom stereocenters. The minimum absolute atomic E-state index is 0.0436. The van der Waals surface area contributed by atoms with Crippen LogP contribution in [0.25, 0.3) is 0 Å². The van der Waals surface area contributed by atoms with Gasteiger partial charge in [-0.15, -0.1) is 11.8 Å². The number of benzene rings is 1. The maximum atomic E-state index is 12.3. The second-order valence-corrected chi connectivity index (χ2v) is 7.83. The second-order valence-electron chi connectivity index (χ2n) is 6.83. The fraction of sp³-hybridized carbons (Fsp3) is 0.556. The maximum Gasteiger partial charge on any atom is 0.249 e. The highest BCUT2D eigenvalue weighted by Crippen LogP contribution is 2.21. The van der Waals surface area contributed by atoms with Gasteiger partial charge in [0.15, 0.2) is 0 Å². The zero-order valence-corrected chi connectivity index (χ0v) is 15.8. The van der Waals surface area contributed by atoms with Crippen LogP contribution in [-0.2, 0) is 14.3 Å². The van der Waals surface area contributed by atoms with Gasteiger partial charge in [0, 0.05) is 11.3 Å². The standard InChI is InChI=1S/C18H26N2O4S/c1-18(2,3)19-17(22)15-12-25-13-20(15)16(21)11-23-9-10-24-14-7-5-4-6-8-14/h4-8,15H,9-13H2,1-3H3,(H,19,22). The van der Waals surface area contributed by atoms with Crippen molar-refractivity contribution < 1.29 is 19.1 Å². The van der Waals surface area contributed by atoms with Crippen molar-refractivity contribution in [3.8, 4) is 5.75 Å². The van der Waals surface area contributed by atoms with Crippen molar-refractivity contribution in [2.45, 2.75) is 32.4 Å². The molecule has 1 fully saturated rings. The summed E-state index contributed by atoms with van der Waals surface area (Å²) in [5.74, 6) is 1.62. The van der Waals surface area contributed by atoms with E-state index in [1.807, 2.05) is 51.1 Å². The van der Waals surface area contributed by atoms with Crippen LogP contribution in [0.4, 0.5) is 0 Å². The van der Waals surface area contributed by atoms with E-state index in [0.717, 1.165) is 5.75 Å².